The van der Waals surface area contributed by atoms with Crippen LogP contribution in [0, 0.1) is 5.41 Å². The molecule has 1 atom stereocenters. The van der Waals surface area contributed by atoms with Gasteiger partial charge in [0.1, 0.15) is 11.5 Å². The molecule has 0 bridgehead atoms. The van der Waals surface area contributed by atoms with Crippen LogP contribution in [0.15, 0.2) is 42.5 Å². The fraction of sp³-hybridized carbons (Fsp3) is 0.316. The van der Waals surface area contributed by atoms with Crippen LogP contribution in [0.5, 0.6) is 11.5 Å². The third-order valence-electron chi connectivity index (χ3n) is 4.73. The number of nitrogens with one attached hydrogen (secondary N) is 2. The highest BCUT2D eigenvalue weighted by atomic mass is 32.2. The Labute approximate surface area is 158 Å². The van der Waals surface area contributed by atoms with Gasteiger partial charge in [-0.3, -0.25) is 14.7 Å². The molecule has 144 valence electrons. The van der Waals surface area contributed by atoms with Crippen LogP contribution >= 0.6 is 0 Å². The van der Waals surface area contributed by atoms with Gasteiger partial charge in [0.05, 0.1) is 17.4 Å². The Morgan fingerprint density at radius 1 is 1.15 bits per heavy atom. The Morgan fingerprint density at radius 2 is 1.89 bits per heavy atom. The molecule has 27 heavy (non-hydrogen) atoms. The Bertz CT molecular complexity index is 974. The summed E-state index contributed by atoms with van der Waals surface area (Å²) in [7, 11) is -3.37. The van der Waals surface area contributed by atoms with Crippen molar-refractivity contribution in [3.8, 4) is 11.5 Å². The van der Waals surface area contributed by atoms with Crippen LogP contribution in [0.25, 0.3) is 0 Å². The Morgan fingerprint density at radius 3 is 2.59 bits per heavy atom. The number of sulfonamides is 1. The molecule has 7 nitrogen and oxygen atoms in total. The number of amides is 1. The molecule has 0 radical (unpaired) electrons. The molecule has 0 aliphatic heterocycles. The number of carbonyl (C=O) groups excluding carboxylic acids is 1. The molecule has 0 saturated heterocycles. The topological polar surface area (TPSA) is 105 Å². The van der Waals surface area contributed by atoms with E-state index in [1.807, 2.05) is 25.1 Å². The van der Waals surface area contributed by atoms with Crippen molar-refractivity contribution in [3.63, 3.8) is 0 Å². The summed E-state index contributed by atoms with van der Waals surface area (Å²) in [6, 6.07) is 12.4. The minimum atomic E-state index is -3.37. The molecule has 1 unspecified atom stereocenters. The predicted molar refractivity (Wildman–Crippen MR) is 101 cm³/mol. The number of anilines is 1. The molecule has 0 heterocycles. The summed E-state index contributed by atoms with van der Waals surface area (Å²) in [5, 5.41) is 8.98. The van der Waals surface area contributed by atoms with E-state index in [0.717, 1.165) is 23.8 Å². The van der Waals surface area contributed by atoms with Crippen LogP contribution in [0.4, 0.5) is 5.69 Å². The number of rotatable bonds is 5. The zero-order chi connectivity index (χ0) is 19.7. The molecule has 0 fully saturated rings. The maximum atomic E-state index is 12.0. The van der Waals surface area contributed by atoms with Crippen LogP contribution in [-0.4, -0.2) is 25.8 Å². The van der Waals surface area contributed by atoms with Crippen molar-refractivity contribution in [2.45, 2.75) is 26.2 Å². The summed E-state index contributed by atoms with van der Waals surface area (Å²) in [5.41, 5.74) is 3.66. The molecule has 3 rings (SSSR count). The zero-order valence-corrected chi connectivity index (χ0v) is 16.0. The standard InChI is InChI=1S/C19H22N2O5S/c1-19(18(22)20-23)9-8-13-6-7-17(10-14(13)12-19)26-16-5-3-4-15(11-16)21-27(2,24)25/h3-7,10-11,21,23H,8-9,12H2,1-2H3,(H,20,22). The molecule has 1 aliphatic rings. The van der Waals surface area contributed by atoms with Gasteiger partial charge in [-0.1, -0.05) is 19.1 Å². The van der Waals surface area contributed by atoms with Crippen molar-refractivity contribution < 1.29 is 23.2 Å². The lowest BCUT2D eigenvalue weighted by Crippen LogP contribution is -2.41. The normalized spacial score (nSPS) is 19.1. The Balaban J connectivity index is 1.81. The first-order chi connectivity index (χ1) is 12.7. The van der Waals surface area contributed by atoms with Crippen molar-refractivity contribution in [2.24, 2.45) is 5.41 Å². The maximum absolute atomic E-state index is 12.0. The summed E-state index contributed by atoms with van der Waals surface area (Å²) < 4.78 is 31.0. The van der Waals surface area contributed by atoms with Gasteiger partial charge in [-0.25, -0.2) is 13.9 Å². The first-order valence-electron chi connectivity index (χ1n) is 8.51. The van der Waals surface area contributed by atoms with Gasteiger partial charge in [-0.2, -0.15) is 0 Å². The van der Waals surface area contributed by atoms with Gasteiger partial charge >= 0.3 is 0 Å². The Hall–Kier alpha value is -2.58. The maximum Gasteiger partial charge on any atom is 0.249 e. The smallest absolute Gasteiger partial charge is 0.249 e. The number of fused-ring (bicyclic) bond motifs is 1. The molecule has 3 N–H and O–H groups in total. The van der Waals surface area contributed by atoms with Crippen molar-refractivity contribution in [1.82, 2.24) is 5.48 Å². The SMILES string of the molecule is CC1(C(=O)NO)CCc2ccc(Oc3cccc(NS(C)(=O)=O)c3)cc2C1. The molecule has 2 aromatic rings. The lowest BCUT2D eigenvalue weighted by atomic mass is 9.72. The molecule has 0 spiro atoms. The van der Waals surface area contributed by atoms with E-state index in [9.17, 15) is 13.2 Å². The lowest BCUT2D eigenvalue weighted by molar-refractivity contribution is -0.139. The van der Waals surface area contributed by atoms with E-state index in [1.54, 1.807) is 29.7 Å². The van der Waals surface area contributed by atoms with Gasteiger partial charge in [-0.05, 0) is 54.7 Å². The van der Waals surface area contributed by atoms with Crippen LogP contribution in [-0.2, 0) is 27.7 Å². The van der Waals surface area contributed by atoms with E-state index in [-0.39, 0.29) is 5.91 Å². The summed E-state index contributed by atoms with van der Waals surface area (Å²) in [6.45, 7) is 1.83. The number of hydrogen-bond donors (Lipinski definition) is 3. The second kappa shape index (κ2) is 7.21. The lowest BCUT2D eigenvalue weighted by Gasteiger charge is -2.32. The van der Waals surface area contributed by atoms with Gasteiger partial charge in [-0.15, -0.1) is 0 Å². The highest BCUT2D eigenvalue weighted by molar-refractivity contribution is 7.92. The predicted octanol–water partition coefficient (Wildman–Crippen LogP) is 2.85. The molecule has 0 aromatic heterocycles. The second-order valence-corrected chi connectivity index (χ2v) is 8.86. The fourth-order valence-electron chi connectivity index (χ4n) is 3.30. The number of ether oxygens (including phenoxy) is 1. The number of aryl methyl sites for hydroxylation is 1. The molecule has 1 amide bonds. The molecule has 2 aromatic carbocycles. The first kappa shape index (κ1) is 19.2. The molecular formula is C19H22N2O5S. The van der Waals surface area contributed by atoms with Crippen LogP contribution in [0.1, 0.15) is 24.5 Å². The number of benzene rings is 2. The summed E-state index contributed by atoms with van der Waals surface area (Å²) >= 11 is 0. The Kier molecular flexibility index (Phi) is 5.12. The van der Waals surface area contributed by atoms with E-state index in [1.165, 1.54) is 0 Å². The largest absolute Gasteiger partial charge is 0.457 e. The van der Waals surface area contributed by atoms with Crippen LogP contribution in [0.2, 0.25) is 0 Å². The highest BCUT2D eigenvalue weighted by Crippen LogP contribution is 2.37. The molecule has 8 heteroatoms. The van der Waals surface area contributed by atoms with E-state index in [4.69, 9.17) is 9.94 Å². The van der Waals surface area contributed by atoms with Gasteiger partial charge in [0.25, 0.3) is 0 Å². The molecule has 1 aliphatic carbocycles. The highest BCUT2D eigenvalue weighted by Gasteiger charge is 2.36. The third-order valence-corrected chi connectivity index (χ3v) is 5.33. The summed E-state index contributed by atoms with van der Waals surface area (Å²) in [6.07, 6.45) is 2.99. The van der Waals surface area contributed by atoms with Gasteiger partial charge in [0.2, 0.25) is 15.9 Å². The fourth-order valence-corrected chi connectivity index (χ4v) is 3.85. The average molecular weight is 390 g/mol. The van der Waals surface area contributed by atoms with Crippen molar-refractivity contribution in [1.29, 1.82) is 0 Å². The third kappa shape index (κ3) is 4.58. The zero-order valence-electron chi connectivity index (χ0n) is 15.2. The van der Waals surface area contributed by atoms with Crippen molar-refractivity contribution in [2.75, 3.05) is 11.0 Å². The van der Waals surface area contributed by atoms with Crippen molar-refractivity contribution in [3.05, 3.63) is 53.6 Å². The second-order valence-electron chi connectivity index (χ2n) is 7.11. The van der Waals surface area contributed by atoms with E-state index < -0.39 is 15.4 Å². The average Bonchev–Trinajstić information content (AvgIpc) is 2.59. The monoisotopic (exact) mass is 390 g/mol. The summed E-state index contributed by atoms with van der Waals surface area (Å²) in [4.78, 5) is 12.0. The van der Waals surface area contributed by atoms with E-state index in [2.05, 4.69) is 4.72 Å². The quantitative estimate of drug-likeness (QED) is 0.538. The van der Waals surface area contributed by atoms with Crippen LogP contribution in [0.3, 0.4) is 0 Å². The number of hydroxylamine groups is 1. The van der Waals surface area contributed by atoms with E-state index >= 15 is 0 Å². The van der Waals surface area contributed by atoms with Gasteiger partial charge < -0.3 is 4.74 Å². The van der Waals surface area contributed by atoms with Gasteiger partial charge in [0.15, 0.2) is 0 Å². The van der Waals surface area contributed by atoms with Crippen LogP contribution < -0.4 is 14.9 Å². The molecular weight excluding hydrogens is 368 g/mol. The number of hydrogen-bond acceptors (Lipinski definition) is 5. The number of carbonyl (C=O) groups is 1. The minimum Gasteiger partial charge on any atom is -0.457 e. The minimum absolute atomic E-state index is 0.390. The first-order valence-corrected chi connectivity index (χ1v) is 10.4. The van der Waals surface area contributed by atoms with Crippen molar-refractivity contribution >= 4 is 21.6 Å². The molecule has 0 saturated carbocycles. The summed E-state index contributed by atoms with van der Waals surface area (Å²) in [5.74, 6) is 0.702. The van der Waals surface area contributed by atoms with Gasteiger partial charge in [0, 0.05) is 6.07 Å². The van der Waals surface area contributed by atoms with E-state index in [0.29, 0.717) is 30.0 Å².